The topological polar surface area (TPSA) is 49.8 Å². The minimum absolute atomic E-state index is 0.0849. The third-order valence-electron chi connectivity index (χ3n) is 4.69. The molecule has 25 heavy (non-hydrogen) atoms. The molecule has 5 heteroatoms. The number of halogens is 1. The Morgan fingerprint density at radius 1 is 1.32 bits per heavy atom. The third-order valence-corrected chi connectivity index (χ3v) is 4.69. The number of hydrogen-bond acceptors (Lipinski definition) is 4. The maximum atomic E-state index is 13.6. The first-order valence-corrected chi connectivity index (χ1v) is 8.45. The Balaban J connectivity index is 1.74. The van der Waals surface area contributed by atoms with Gasteiger partial charge in [-0.15, -0.1) is 0 Å². The van der Waals surface area contributed by atoms with Crippen molar-refractivity contribution in [2.75, 3.05) is 20.2 Å². The fraction of sp³-hybridized carbons (Fsp3) is 0.350. The van der Waals surface area contributed by atoms with Gasteiger partial charge in [-0.05, 0) is 43.7 Å². The van der Waals surface area contributed by atoms with E-state index in [1.165, 1.54) is 25.3 Å². The summed E-state index contributed by atoms with van der Waals surface area (Å²) in [6, 6.07) is 11.3. The number of benzene rings is 2. The van der Waals surface area contributed by atoms with Crippen LogP contribution in [0.2, 0.25) is 0 Å². The van der Waals surface area contributed by atoms with Gasteiger partial charge in [0, 0.05) is 24.6 Å². The molecule has 0 amide bonds. The van der Waals surface area contributed by atoms with Gasteiger partial charge in [-0.1, -0.05) is 18.2 Å². The Hall–Kier alpha value is -2.40. The first kappa shape index (κ1) is 17.4. The molecule has 0 radical (unpaired) electrons. The van der Waals surface area contributed by atoms with E-state index >= 15 is 0 Å². The highest BCUT2D eigenvalue weighted by Crippen LogP contribution is 2.28. The number of ketones is 1. The number of nitrogens with zero attached hydrogens (tertiary/aromatic N) is 1. The van der Waals surface area contributed by atoms with Gasteiger partial charge in [-0.2, -0.15) is 0 Å². The van der Waals surface area contributed by atoms with E-state index in [-0.39, 0.29) is 17.5 Å². The number of aromatic hydroxyl groups is 1. The molecule has 2 aromatic carbocycles. The van der Waals surface area contributed by atoms with Crippen LogP contribution in [0.3, 0.4) is 0 Å². The van der Waals surface area contributed by atoms with Crippen molar-refractivity contribution in [2.45, 2.75) is 19.4 Å². The number of phenolic OH excluding ortho intramolecular Hbond substituents is 1. The molecule has 1 saturated heterocycles. The molecule has 1 N–H and O–H groups in total. The smallest absolute Gasteiger partial charge is 0.171 e. The SMILES string of the molecule is COc1ccc(F)cc1C(=O)[C@H]1CCCN(Cc2ccccc2O)C1. The molecule has 0 aliphatic carbocycles. The normalized spacial score (nSPS) is 18.1. The van der Waals surface area contributed by atoms with Crippen molar-refractivity contribution in [3.63, 3.8) is 0 Å². The first-order chi connectivity index (χ1) is 12.1. The maximum Gasteiger partial charge on any atom is 0.171 e. The van der Waals surface area contributed by atoms with Crippen molar-refractivity contribution in [1.29, 1.82) is 0 Å². The molecular formula is C20H22FNO3. The second kappa shape index (κ2) is 7.66. The van der Waals surface area contributed by atoms with Crippen LogP contribution in [0.15, 0.2) is 42.5 Å². The van der Waals surface area contributed by atoms with E-state index in [1.807, 2.05) is 12.1 Å². The minimum atomic E-state index is -0.439. The fourth-order valence-corrected chi connectivity index (χ4v) is 3.39. The van der Waals surface area contributed by atoms with Crippen LogP contribution in [0, 0.1) is 11.7 Å². The number of likely N-dealkylation sites (tertiary alicyclic amines) is 1. The van der Waals surface area contributed by atoms with E-state index in [9.17, 15) is 14.3 Å². The van der Waals surface area contributed by atoms with Gasteiger partial charge in [0.05, 0.1) is 12.7 Å². The second-order valence-electron chi connectivity index (χ2n) is 6.41. The molecule has 2 aromatic rings. The summed E-state index contributed by atoms with van der Waals surface area (Å²) in [6.45, 7) is 2.06. The van der Waals surface area contributed by atoms with Crippen molar-refractivity contribution >= 4 is 5.78 Å². The zero-order valence-electron chi connectivity index (χ0n) is 14.2. The molecule has 0 saturated carbocycles. The summed E-state index contributed by atoms with van der Waals surface area (Å²) < 4.78 is 18.8. The number of carbonyl (C=O) groups excluding carboxylic acids is 1. The molecule has 1 atom stereocenters. The molecule has 0 unspecified atom stereocenters. The number of rotatable bonds is 5. The van der Waals surface area contributed by atoms with Gasteiger partial charge in [-0.25, -0.2) is 4.39 Å². The van der Waals surface area contributed by atoms with Crippen LogP contribution >= 0.6 is 0 Å². The summed E-state index contributed by atoms with van der Waals surface area (Å²) in [6.07, 6.45) is 1.66. The summed E-state index contributed by atoms with van der Waals surface area (Å²) in [5.41, 5.74) is 1.15. The van der Waals surface area contributed by atoms with Crippen molar-refractivity contribution in [3.8, 4) is 11.5 Å². The molecule has 1 fully saturated rings. The van der Waals surface area contributed by atoms with Crippen LogP contribution in [0.5, 0.6) is 11.5 Å². The number of Topliss-reactive ketones (excluding diaryl/α,β-unsaturated/α-hetero) is 1. The van der Waals surface area contributed by atoms with Crippen molar-refractivity contribution in [1.82, 2.24) is 4.90 Å². The molecule has 4 nitrogen and oxygen atoms in total. The summed E-state index contributed by atoms with van der Waals surface area (Å²) >= 11 is 0. The molecule has 1 aliphatic heterocycles. The van der Waals surface area contributed by atoms with Gasteiger partial charge in [-0.3, -0.25) is 9.69 Å². The van der Waals surface area contributed by atoms with E-state index in [0.717, 1.165) is 24.9 Å². The predicted octanol–water partition coefficient (Wildman–Crippen LogP) is 3.63. The number of piperidine rings is 1. The summed E-state index contributed by atoms with van der Waals surface area (Å²) in [5, 5.41) is 9.94. The quantitative estimate of drug-likeness (QED) is 0.842. The molecule has 1 aliphatic rings. The number of ether oxygens (including phenoxy) is 1. The van der Waals surface area contributed by atoms with E-state index in [1.54, 1.807) is 12.1 Å². The number of carbonyl (C=O) groups is 1. The van der Waals surface area contributed by atoms with E-state index in [4.69, 9.17) is 4.74 Å². The third kappa shape index (κ3) is 3.99. The predicted molar refractivity (Wildman–Crippen MR) is 93.4 cm³/mol. The largest absolute Gasteiger partial charge is 0.508 e. The highest BCUT2D eigenvalue weighted by Gasteiger charge is 2.28. The van der Waals surface area contributed by atoms with Gasteiger partial charge >= 0.3 is 0 Å². The molecular weight excluding hydrogens is 321 g/mol. The lowest BCUT2D eigenvalue weighted by Gasteiger charge is -2.32. The number of methoxy groups -OCH3 is 1. The summed E-state index contributed by atoms with van der Waals surface area (Å²) in [5.74, 6) is -0.0494. The summed E-state index contributed by atoms with van der Waals surface area (Å²) in [7, 11) is 1.48. The van der Waals surface area contributed by atoms with E-state index in [2.05, 4.69) is 4.90 Å². The number of para-hydroxylation sites is 1. The van der Waals surface area contributed by atoms with Gasteiger partial charge in [0.15, 0.2) is 5.78 Å². The fourth-order valence-electron chi connectivity index (χ4n) is 3.39. The van der Waals surface area contributed by atoms with Gasteiger partial charge in [0.1, 0.15) is 17.3 Å². The monoisotopic (exact) mass is 343 g/mol. The van der Waals surface area contributed by atoms with Gasteiger partial charge in [0.2, 0.25) is 0 Å². The van der Waals surface area contributed by atoms with Crippen LogP contribution in [-0.2, 0) is 6.54 Å². The molecule has 0 aromatic heterocycles. The Kier molecular flexibility index (Phi) is 5.34. The van der Waals surface area contributed by atoms with Crippen molar-refractivity contribution < 1.29 is 19.0 Å². The van der Waals surface area contributed by atoms with Crippen molar-refractivity contribution in [2.24, 2.45) is 5.92 Å². The van der Waals surface area contributed by atoms with Crippen LogP contribution in [-0.4, -0.2) is 36.0 Å². The minimum Gasteiger partial charge on any atom is -0.508 e. The van der Waals surface area contributed by atoms with E-state index < -0.39 is 5.82 Å². The molecule has 3 rings (SSSR count). The van der Waals surface area contributed by atoms with Gasteiger partial charge < -0.3 is 9.84 Å². The average Bonchev–Trinajstić information content (AvgIpc) is 2.63. The lowest BCUT2D eigenvalue weighted by molar-refractivity contribution is 0.0807. The lowest BCUT2D eigenvalue weighted by atomic mass is 9.89. The highest BCUT2D eigenvalue weighted by atomic mass is 19.1. The van der Waals surface area contributed by atoms with Crippen LogP contribution in [0.25, 0.3) is 0 Å². The molecule has 0 bridgehead atoms. The molecule has 132 valence electrons. The maximum absolute atomic E-state index is 13.6. The lowest BCUT2D eigenvalue weighted by Crippen LogP contribution is -2.38. The average molecular weight is 343 g/mol. The summed E-state index contributed by atoms with van der Waals surface area (Å²) in [4.78, 5) is 15.0. The van der Waals surface area contributed by atoms with E-state index in [0.29, 0.717) is 24.4 Å². The zero-order valence-corrected chi connectivity index (χ0v) is 14.2. The standard InChI is InChI=1S/C20H22FNO3/c1-25-19-9-8-16(21)11-17(19)20(24)15-6-4-10-22(13-15)12-14-5-2-3-7-18(14)23/h2-3,5,7-9,11,15,23H,4,6,10,12-13H2,1H3/t15-/m0/s1. The first-order valence-electron chi connectivity index (χ1n) is 8.45. The molecule has 0 spiro atoms. The second-order valence-corrected chi connectivity index (χ2v) is 6.41. The zero-order chi connectivity index (χ0) is 17.8. The highest BCUT2D eigenvalue weighted by molar-refractivity contribution is 6.00. The Morgan fingerprint density at radius 2 is 2.12 bits per heavy atom. The van der Waals surface area contributed by atoms with Crippen molar-refractivity contribution in [3.05, 3.63) is 59.4 Å². The Bertz CT molecular complexity index is 762. The van der Waals surface area contributed by atoms with Gasteiger partial charge in [0.25, 0.3) is 0 Å². The van der Waals surface area contributed by atoms with Crippen LogP contribution in [0.4, 0.5) is 4.39 Å². The van der Waals surface area contributed by atoms with Crippen LogP contribution < -0.4 is 4.74 Å². The number of phenols is 1. The number of hydrogen-bond donors (Lipinski definition) is 1. The Morgan fingerprint density at radius 3 is 2.88 bits per heavy atom. The Labute approximate surface area is 146 Å². The molecule has 1 heterocycles. The van der Waals surface area contributed by atoms with Crippen LogP contribution in [0.1, 0.15) is 28.8 Å².